The van der Waals surface area contributed by atoms with Gasteiger partial charge in [0, 0.05) is 54.1 Å². The Hall–Kier alpha value is -2.79. The molecule has 1 aromatic carbocycles. The summed E-state index contributed by atoms with van der Waals surface area (Å²) in [6.45, 7) is 2.69. The average Bonchev–Trinajstić information content (AvgIpc) is 2.81. The number of rotatable bonds is 7. The first-order valence-corrected chi connectivity index (χ1v) is 12.4. The molecule has 1 saturated heterocycles. The summed E-state index contributed by atoms with van der Waals surface area (Å²) in [5.41, 5.74) is 5.27. The van der Waals surface area contributed by atoms with Crippen molar-refractivity contribution in [2.45, 2.75) is 25.2 Å². The van der Waals surface area contributed by atoms with Crippen LogP contribution in [0.2, 0.25) is 15.1 Å². The molecule has 1 aliphatic rings. The highest BCUT2D eigenvalue weighted by Gasteiger charge is 2.45. The summed E-state index contributed by atoms with van der Waals surface area (Å²) in [6, 6.07) is 3.67. The van der Waals surface area contributed by atoms with Gasteiger partial charge in [0.2, 0.25) is 0 Å². The van der Waals surface area contributed by atoms with Crippen LogP contribution in [-0.4, -0.2) is 53.3 Å². The van der Waals surface area contributed by atoms with Crippen molar-refractivity contribution >= 4 is 52.0 Å². The first kappa shape index (κ1) is 28.2. The van der Waals surface area contributed by atoms with E-state index in [9.17, 15) is 13.2 Å². The molecule has 38 heavy (non-hydrogen) atoms. The Bertz CT molecular complexity index is 1370. The molecule has 4 rings (SSSR count). The molecule has 3 heterocycles. The Labute approximate surface area is 232 Å². The van der Waals surface area contributed by atoms with Crippen molar-refractivity contribution in [3.8, 4) is 5.75 Å². The minimum atomic E-state index is -4.67. The number of nitrogen functional groups attached to an aromatic ring is 1. The maximum absolute atomic E-state index is 14.1. The van der Waals surface area contributed by atoms with Gasteiger partial charge in [0.25, 0.3) is 0 Å². The molecule has 0 radical (unpaired) electrons. The SMILES string of the molecule is CN(C)C1(C)CN(c2ncc(C(=N)c3cc(OCc4c(Cl)cncc4Cl)c(Cl)cc3N)cc2C(F)(F)F)C1. The number of nitrogens with zero attached hydrogens (tertiary/aromatic N) is 4. The largest absolute Gasteiger partial charge is 0.487 e. The smallest absolute Gasteiger partial charge is 0.419 e. The third-order valence-electron chi connectivity index (χ3n) is 6.60. The molecule has 2 aromatic heterocycles. The van der Waals surface area contributed by atoms with Crippen molar-refractivity contribution in [3.05, 3.63) is 74.1 Å². The van der Waals surface area contributed by atoms with Gasteiger partial charge in [-0.1, -0.05) is 34.8 Å². The van der Waals surface area contributed by atoms with Crippen LogP contribution in [0.4, 0.5) is 24.7 Å². The Kier molecular flexibility index (Phi) is 7.73. The van der Waals surface area contributed by atoms with Gasteiger partial charge >= 0.3 is 6.18 Å². The summed E-state index contributed by atoms with van der Waals surface area (Å²) < 4.78 is 47.9. The summed E-state index contributed by atoms with van der Waals surface area (Å²) in [6.07, 6.45) is -0.614. The third kappa shape index (κ3) is 5.49. The van der Waals surface area contributed by atoms with Gasteiger partial charge in [-0.3, -0.25) is 10.4 Å². The van der Waals surface area contributed by atoms with E-state index in [-0.39, 0.29) is 61.3 Å². The zero-order valence-electron chi connectivity index (χ0n) is 20.6. The zero-order chi connectivity index (χ0) is 28.0. The van der Waals surface area contributed by atoms with Crippen molar-refractivity contribution < 1.29 is 17.9 Å². The van der Waals surface area contributed by atoms with E-state index in [1.54, 1.807) is 4.90 Å². The topological polar surface area (TPSA) is 91.4 Å². The molecule has 1 fully saturated rings. The molecule has 1 aliphatic heterocycles. The number of aromatic nitrogens is 2. The molecule has 0 aliphatic carbocycles. The summed E-state index contributed by atoms with van der Waals surface area (Å²) >= 11 is 18.6. The first-order chi connectivity index (χ1) is 17.7. The van der Waals surface area contributed by atoms with Crippen LogP contribution in [0.15, 0.2) is 36.8 Å². The molecule has 0 spiro atoms. The van der Waals surface area contributed by atoms with Gasteiger partial charge in [0.15, 0.2) is 0 Å². The summed E-state index contributed by atoms with van der Waals surface area (Å²) in [5, 5.41) is 9.36. The molecule has 3 aromatic rings. The van der Waals surface area contributed by atoms with E-state index < -0.39 is 11.7 Å². The van der Waals surface area contributed by atoms with Gasteiger partial charge in [-0.05, 0) is 39.2 Å². The van der Waals surface area contributed by atoms with Gasteiger partial charge in [0.1, 0.15) is 18.2 Å². The summed E-state index contributed by atoms with van der Waals surface area (Å²) in [7, 11) is 3.77. The molecule has 3 N–H and O–H groups in total. The Morgan fingerprint density at radius 1 is 1.11 bits per heavy atom. The molecule has 0 atom stereocenters. The van der Waals surface area contributed by atoms with Crippen LogP contribution in [-0.2, 0) is 12.8 Å². The molecule has 0 amide bonds. The fourth-order valence-electron chi connectivity index (χ4n) is 4.04. The highest BCUT2D eigenvalue weighted by molar-refractivity contribution is 6.35. The molecule has 0 bridgehead atoms. The second kappa shape index (κ2) is 10.4. The van der Waals surface area contributed by atoms with E-state index >= 15 is 0 Å². The lowest BCUT2D eigenvalue weighted by atomic mass is 9.90. The number of nitrogens with one attached hydrogen (secondary N) is 1. The zero-order valence-corrected chi connectivity index (χ0v) is 22.9. The fourth-order valence-corrected chi connectivity index (χ4v) is 4.74. The Balaban J connectivity index is 1.64. The number of ether oxygens (including phenoxy) is 1. The summed E-state index contributed by atoms with van der Waals surface area (Å²) in [4.78, 5) is 11.6. The van der Waals surface area contributed by atoms with Gasteiger partial charge in [-0.25, -0.2) is 4.98 Å². The van der Waals surface area contributed by atoms with Crippen molar-refractivity contribution in [3.63, 3.8) is 0 Å². The lowest BCUT2D eigenvalue weighted by Gasteiger charge is -2.52. The van der Waals surface area contributed by atoms with Crippen molar-refractivity contribution in [2.24, 2.45) is 0 Å². The van der Waals surface area contributed by atoms with Gasteiger partial charge in [0.05, 0.1) is 31.9 Å². The minimum absolute atomic E-state index is 0.0582. The number of nitrogens with two attached hydrogens (primary N) is 1. The number of benzene rings is 1. The quantitative estimate of drug-likeness (QED) is 0.254. The molecular formula is C25H24Cl3F3N6O. The molecular weight excluding hydrogens is 564 g/mol. The predicted octanol–water partition coefficient (Wildman–Crippen LogP) is 6.17. The maximum atomic E-state index is 14.1. The normalized spacial score (nSPS) is 14.9. The molecule has 7 nitrogen and oxygen atoms in total. The monoisotopic (exact) mass is 586 g/mol. The molecule has 13 heteroatoms. The van der Waals surface area contributed by atoms with E-state index in [0.717, 1.165) is 6.07 Å². The lowest BCUT2D eigenvalue weighted by Crippen LogP contribution is -2.67. The van der Waals surface area contributed by atoms with Crippen LogP contribution in [0.3, 0.4) is 0 Å². The van der Waals surface area contributed by atoms with E-state index in [0.29, 0.717) is 18.7 Å². The highest BCUT2D eigenvalue weighted by atomic mass is 35.5. The van der Waals surface area contributed by atoms with E-state index in [1.165, 1.54) is 30.7 Å². The lowest BCUT2D eigenvalue weighted by molar-refractivity contribution is -0.137. The second-order valence-corrected chi connectivity index (χ2v) is 10.7. The number of anilines is 2. The van der Waals surface area contributed by atoms with Crippen LogP contribution < -0.4 is 15.4 Å². The van der Waals surface area contributed by atoms with Crippen LogP contribution in [0.1, 0.15) is 29.2 Å². The fraction of sp³-hybridized carbons (Fsp3) is 0.320. The number of halogens is 6. The first-order valence-electron chi connectivity index (χ1n) is 11.3. The average molecular weight is 588 g/mol. The van der Waals surface area contributed by atoms with Crippen LogP contribution in [0.25, 0.3) is 0 Å². The van der Waals surface area contributed by atoms with Crippen LogP contribution in [0, 0.1) is 5.41 Å². The van der Waals surface area contributed by atoms with Crippen molar-refractivity contribution in [1.29, 1.82) is 5.41 Å². The number of pyridine rings is 2. The van der Waals surface area contributed by atoms with Crippen LogP contribution in [0.5, 0.6) is 5.75 Å². The number of likely N-dealkylation sites (N-methyl/N-ethyl adjacent to an activating group) is 1. The standard InChI is InChI=1S/C25H24Cl3F3N6O/c1-24(36(2)3)11-37(12-24)23-16(25(29,30)31)4-13(7-35-23)22(33)14-5-21(17(26)6-20(14)32)38-10-15-18(27)8-34-9-19(15)28/h4-9,33H,10-12,32H2,1-3H3. The predicted molar refractivity (Wildman–Crippen MR) is 144 cm³/mol. The molecule has 0 saturated carbocycles. The van der Waals surface area contributed by atoms with E-state index in [1.807, 2.05) is 25.9 Å². The number of hydrogen-bond donors (Lipinski definition) is 2. The Morgan fingerprint density at radius 3 is 2.32 bits per heavy atom. The molecule has 0 unspecified atom stereocenters. The summed E-state index contributed by atoms with van der Waals surface area (Å²) in [5.74, 6) is -0.0266. The number of hydrogen-bond acceptors (Lipinski definition) is 7. The Morgan fingerprint density at radius 2 is 1.74 bits per heavy atom. The van der Waals surface area contributed by atoms with Gasteiger partial charge in [-0.2, -0.15) is 13.2 Å². The van der Waals surface area contributed by atoms with Crippen molar-refractivity contribution in [2.75, 3.05) is 37.8 Å². The van der Waals surface area contributed by atoms with Gasteiger partial charge < -0.3 is 20.3 Å². The minimum Gasteiger partial charge on any atom is -0.487 e. The third-order valence-corrected chi connectivity index (χ3v) is 7.55. The number of alkyl halides is 3. The van der Waals surface area contributed by atoms with E-state index in [2.05, 4.69) is 9.97 Å². The van der Waals surface area contributed by atoms with Crippen molar-refractivity contribution in [1.82, 2.24) is 14.9 Å². The molecule has 202 valence electrons. The van der Waals surface area contributed by atoms with Gasteiger partial charge in [-0.15, -0.1) is 0 Å². The van der Waals surface area contributed by atoms with Crippen LogP contribution >= 0.6 is 34.8 Å². The highest BCUT2D eigenvalue weighted by Crippen LogP contribution is 2.40. The van der Waals surface area contributed by atoms with E-state index in [4.69, 9.17) is 50.7 Å². The second-order valence-electron chi connectivity index (χ2n) is 9.46. The maximum Gasteiger partial charge on any atom is 0.419 e.